The van der Waals surface area contributed by atoms with Gasteiger partial charge in [0.2, 0.25) is 0 Å². The van der Waals surface area contributed by atoms with Gasteiger partial charge in [-0.2, -0.15) is 0 Å². The van der Waals surface area contributed by atoms with Crippen LogP contribution in [0, 0.1) is 0 Å². The third kappa shape index (κ3) is 2.09. The quantitative estimate of drug-likeness (QED) is 0.366. The Balaban J connectivity index is 2.94. The molecule has 0 fully saturated rings. The van der Waals surface area contributed by atoms with Crippen molar-refractivity contribution >= 4 is 67.8 Å². The maximum absolute atomic E-state index is 2.50. The van der Waals surface area contributed by atoms with E-state index in [9.17, 15) is 0 Å². The van der Waals surface area contributed by atoms with E-state index in [0.717, 1.165) is 3.92 Å². The van der Waals surface area contributed by atoms with Crippen LogP contribution in [-0.2, 0) is 0 Å². The van der Waals surface area contributed by atoms with E-state index in [-0.39, 0.29) is 0 Å². The minimum atomic E-state index is 0.725. The van der Waals surface area contributed by atoms with Gasteiger partial charge >= 0.3 is 0 Å². The van der Waals surface area contributed by atoms with Gasteiger partial charge in [-0.25, -0.2) is 0 Å². The zero-order valence-corrected chi connectivity index (χ0v) is 12.0. The maximum atomic E-state index is 2.50. The van der Waals surface area contributed by atoms with Crippen LogP contribution in [0.4, 0.5) is 0 Å². The minimum absolute atomic E-state index is 0.725. The molecular weight excluding hydrogens is 465 g/mol. The van der Waals surface area contributed by atoms with Crippen molar-refractivity contribution in [3.05, 3.63) is 18.8 Å². The summed E-state index contributed by atoms with van der Waals surface area (Å²) in [6.45, 7) is 2.23. The topological polar surface area (TPSA) is 0 Å². The molecule has 0 spiro atoms. The van der Waals surface area contributed by atoms with Crippen molar-refractivity contribution < 1.29 is 0 Å². The molecule has 0 nitrogen and oxygen atoms in total. The highest BCUT2D eigenvalue weighted by atomic mass is 127. The van der Waals surface area contributed by atoms with E-state index < -0.39 is 0 Å². The number of allylic oxidation sites excluding steroid dienone is 4. The molecule has 0 N–H and O–H groups in total. The Kier molecular flexibility index (Phi) is 3.96. The number of hydrogen-bond acceptors (Lipinski definition) is 0. The molecule has 0 aromatic carbocycles. The molecule has 1 atom stereocenters. The van der Waals surface area contributed by atoms with Crippen LogP contribution < -0.4 is 0 Å². The second kappa shape index (κ2) is 4.06. The molecule has 0 radical (unpaired) electrons. The molecule has 0 amide bonds. The molecule has 0 saturated carbocycles. The zero-order chi connectivity index (χ0) is 7.72. The van der Waals surface area contributed by atoms with E-state index in [4.69, 9.17) is 0 Å². The molecule has 0 heterocycles. The predicted molar refractivity (Wildman–Crippen MR) is 71.2 cm³/mol. The van der Waals surface area contributed by atoms with E-state index in [2.05, 4.69) is 80.8 Å². The van der Waals surface area contributed by atoms with Gasteiger partial charge in [0, 0.05) is 11.1 Å². The molecule has 56 valence electrons. The molecular formula is C7H7I3. The first-order valence-corrected chi connectivity index (χ1v) is 6.39. The first kappa shape index (κ1) is 9.76. The largest absolute Gasteiger partial charge is 0.0774 e. The van der Waals surface area contributed by atoms with Crippen LogP contribution in [-0.4, -0.2) is 3.92 Å². The van der Waals surface area contributed by atoms with E-state index >= 15 is 0 Å². The molecule has 1 aliphatic carbocycles. The molecule has 1 rings (SSSR count). The Labute approximate surface area is 102 Å². The standard InChI is InChI=1S/C7H7I3/c1-4-5(8)2-3-6(9)7(4)10/h3,5H,2H2,1H3. The lowest BCUT2D eigenvalue weighted by molar-refractivity contribution is 1.01. The fraction of sp³-hybridized carbons (Fsp3) is 0.429. The Bertz CT molecular complexity index is 203. The van der Waals surface area contributed by atoms with Crippen molar-refractivity contribution in [3.8, 4) is 0 Å². The van der Waals surface area contributed by atoms with Crippen molar-refractivity contribution in [1.29, 1.82) is 0 Å². The summed E-state index contributed by atoms with van der Waals surface area (Å²) in [6, 6.07) is 0. The second-order valence-corrected chi connectivity index (χ2v) is 6.00. The van der Waals surface area contributed by atoms with Crippen LogP contribution in [0.5, 0.6) is 0 Å². The summed E-state index contributed by atoms with van der Waals surface area (Å²) in [6.07, 6.45) is 3.52. The maximum Gasteiger partial charge on any atom is 0.0364 e. The fourth-order valence-electron chi connectivity index (χ4n) is 0.799. The SMILES string of the molecule is CC1=C(I)C(I)=CCC1I. The second-order valence-electron chi connectivity index (χ2n) is 2.25. The van der Waals surface area contributed by atoms with Gasteiger partial charge in [-0.15, -0.1) is 0 Å². The summed E-state index contributed by atoms with van der Waals surface area (Å²) in [5.74, 6) is 0. The van der Waals surface area contributed by atoms with Crippen LogP contribution in [0.3, 0.4) is 0 Å². The average molecular weight is 472 g/mol. The van der Waals surface area contributed by atoms with Crippen molar-refractivity contribution in [2.24, 2.45) is 0 Å². The number of rotatable bonds is 0. The molecule has 1 unspecified atom stereocenters. The van der Waals surface area contributed by atoms with Crippen LogP contribution in [0.15, 0.2) is 18.8 Å². The smallest absolute Gasteiger partial charge is 0.0364 e. The van der Waals surface area contributed by atoms with Crippen molar-refractivity contribution in [3.63, 3.8) is 0 Å². The van der Waals surface area contributed by atoms with Crippen molar-refractivity contribution in [1.82, 2.24) is 0 Å². The first-order chi connectivity index (χ1) is 4.63. The van der Waals surface area contributed by atoms with E-state index in [1.165, 1.54) is 19.2 Å². The van der Waals surface area contributed by atoms with Crippen LogP contribution in [0.25, 0.3) is 0 Å². The molecule has 0 aromatic rings. The Morgan fingerprint density at radius 1 is 1.50 bits per heavy atom. The Hall–Kier alpha value is 1.67. The summed E-state index contributed by atoms with van der Waals surface area (Å²) in [5, 5.41) is 0. The summed E-state index contributed by atoms with van der Waals surface area (Å²) < 4.78 is 3.59. The summed E-state index contributed by atoms with van der Waals surface area (Å²) in [5.41, 5.74) is 1.54. The van der Waals surface area contributed by atoms with Gasteiger partial charge in [-0.3, -0.25) is 0 Å². The highest BCUT2D eigenvalue weighted by Crippen LogP contribution is 2.36. The number of hydrogen-bond donors (Lipinski definition) is 0. The van der Waals surface area contributed by atoms with Gasteiger partial charge in [0.05, 0.1) is 0 Å². The van der Waals surface area contributed by atoms with Gasteiger partial charge in [-0.1, -0.05) is 28.7 Å². The number of halogens is 3. The summed E-state index contributed by atoms with van der Waals surface area (Å²) >= 11 is 7.32. The highest BCUT2D eigenvalue weighted by molar-refractivity contribution is 14.1. The van der Waals surface area contributed by atoms with Crippen LogP contribution in [0.1, 0.15) is 13.3 Å². The fourth-order valence-corrected chi connectivity index (χ4v) is 3.24. The highest BCUT2D eigenvalue weighted by Gasteiger charge is 2.15. The Morgan fingerprint density at radius 3 is 2.60 bits per heavy atom. The molecule has 0 saturated heterocycles. The van der Waals surface area contributed by atoms with Gasteiger partial charge in [0.15, 0.2) is 0 Å². The zero-order valence-electron chi connectivity index (χ0n) is 5.50. The summed E-state index contributed by atoms with van der Waals surface area (Å²) in [7, 11) is 0. The molecule has 0 bridgehead atoms. The monoisotopic (exact) mass is 472 g/mol. The minimum Gasteiger partial charge on any atom is -0.0774 e. The van der Waals surface area contributed by atoms with Gasteiger partial charge in [-0.05, 0) is 64.1 Å². The first-order valence-electron chi connectivity index (χ1n) is 2.99. The third-order valence-electron chi connectivity index (χ3n) is 1.53. The van der Waals surface area contributed by atoms with Gasteiger partial charge < -0.3 is 0 Å². The van der Waals surface area contributed by atoms with Crippen LogP contribution >= 0.6 is 67.8 Å². The molecule has 1 aliphatic rings. The molecule has 10 heavy (non-hydrogen) atoms. The lowest BCUT2D eigenvalue weighted by Crippen LogP contribution is -2.03. The van der Waals surface area contributed by atoms with Crippen molar-refractivity contribution in [2.45, 2.75) is 17.3 Å². The third-order valence-corrected chi connectivity index (χ3v) is 6.42. The summed E-state index contributed by atoms with van der Waals surface area (Å²) in [4.78, 5) is 0. The normalized spacial score (nSPS) is 26.8. The van der Waals surface area contributed by atoms with E-state index in [1.54, 1.807) is 0 Å². The van der Waals surface area contributed by atoms with E-state index in [1.807, 2.05) is 0 Å². The van der Waals surface area contributed by atoms with Crippen LogP contribution in [0.2, 0.25) is 0 Å². The van der Waals surface area contributed by atoms with Gasteiger partial charge in [0.25, 0.3) is 0 Å². The molecule has 0 aromatic heterocycles. The lowest BCUT2D eigenvalue weighted by Gasteiger charge is -2.16. The van der Waals surface area contributed by atoms with Gasteiger partial charge in [0.1, 0.15) is 0 Å². The number of alkyl halides is 1. The van der Waals surface area contributed by atoms with E-state index in [0.29, 0.717) is 0 Å². The lowest BCUT2D eigenvalue weighted by atomic mass is 10.1. The predicted octanol–water partition coefficient (Wildman–Crippen LogP) is 4.22. The average Bonchev–Trinajstić information content (AvgIpc) is 1.93. The van der Waals surface area contributed by atoms with Crippen molar-refractivity contribution in [2.75, 3.05) is 0 Å². The Morgan fingerprint density at radius 2 is 2.10 bits per heavy atom. The molecule has 3 heteroatoms. The molecule has 0 aliphatic heterocycles.